The summed E-state index contributed by atoms with van der Waals surface area (Å²) < 4.78 is 4.92. The van der Waals surface area contributed by atoms with Crippen LogP contribution in [-0.4, -0.2) is 28.8 Å². The van der Waals surface area contributed by atoms with Crippen molar-refractivity contribution in [2.24, 2.45) is 5.16 Å². The third-order valence-corrected chi connectivity index (χ3v) is 3.73. The van der Waals surface area contributed by atoms with Crippen molar-refractivity contribution in [1.82, 2.24) is 0 Å². The van der Waals surface area contributed by atoms with Crippen LogP contribution in [0.3, 0.4) is 0 Å². The van der Waals surface area contributed by atoms with Gasteiger partial charge in [0.1, 0.15) is 5.02 Å². The molecule has 1 aromatic carbocycles. The van der Waals surface area contributed by atoms with Crippen LogP contribution in [-0.2, 0) is 14.4 Å². The van der Waals surface area contributed by atoms with Gasteiger partial charge in [-0.2, -0.15) is 0 Å². The highest BCUT2D eigenvalue weighted by Gasteiger charge is 2.44. The van der Waals surface area contributed by atoms with Crippen LogP contribution in [0.4, 0.5) is 5.69 Å². The minimum Gasteiger partial charge on any atom is -0.463 e. The summed E-state index contributed by atoms with van der Waals surface area (Å²) in [5, 5.41) is 14.9. The molecule has 0 radical (unpaired) electrons. The van der Waals surface area contributed by atoms with Crippen molar-refractivity contribution >= 4 is 40.6 Å². The number of hydrogen-bond acceptors (Lipinski definition) is 6. The second kappa shape index (κ2) is 6.10. The van der Waals surface area contributed by atoms with Gasteiger partial charge in [0.05, 0.1) is 22.3 Å². The molecule has 1 aliphatic rings. The first-order chi connectivity index (χ1) is 10.3. The molecule has 0 fully saturated rings. The van der Waals surface area contributed by atoms with Gasteiger partial charge in [-0.3, -0.25) is 10.1 Å². The van der Waals surface area contributed by atoms with Gasteiger partial charge in [0, 0.05) is 18.1 Å². The highest BCUT2D eigenvalue weighted by Crippen LogP contribution is 2.35. The average Bonchev–Trinajstić information content (AvgIpc) is 2.82. The van der Waals surface area contributed by atoms with Crippen molar-refractivity contribution in [1.29, 1.82) is 0 Å². The zero-order valence-electron chi connectivity index (χ0n) is 11.8. The van der Waals surface area contributed by atoms with Gasteiger partial charge >= 0.3 is 5.97 Å². The topological polar surface area (TPSA) is 91.0 Å². The number of carbonyl (C=O) groups excluding carboxylic acids is 1. The maximum Gasteiger partial charge on any atom is 0.353 e. The number of benzene rings is 1. The van der Waals surface area contributed by atoms with Crippen LogP contribution in [0.5, 0.6) is 0 Å². The van der Waals surface area contributed by atoms with E-state index >= 15 is 0 Å². The van der Waals surface area contributed by atoms with Crippen LogP contribution in [0.2, 0.25) is 10.0 Å². The number of carbonyl (C=O) groups is 1. The number of ether oxygens (including phenoxy) is 1. The minimum atomic E-state index is -1.27. The molecule has 0 saturated carbocycles. The Morgan fingerprint density at radius 2 is 2.18 bits per heavy atom. The van der Waals surface area contributed by atoms with Gasteiger partial charge in [-0.05, 0) is 19.9 Å². The molecular formula is C13H12Cl2N2O5. The largest absolute Gasteiger partial charge is 0.463 e. The molecule has 1 aliphatic heterocycles. The van der Waals surface area contributed by atoms with E-state index in [-0.39, 0.29) is 28.8 Å². The summed E-state index contributed by atoms with van der Waals surface area (Å²) in [5.74, 6) is -0.562. The fourth-order valence-electron chi connectivity index (χ4n) is 1.98. The lowest BCUT2D eigenvalue weighted by Gasteiger charge is -2.18. The second-order valence-electron chi connectivity index (χ2n) is 4.80. The van der Waals surface area contributed by atoms with E-state index in [9.17, 15) is 14.9 Å². The Morgan fingerprint density at radius 1 is 1.50 bits per heavy atom. The molecule has 1 heterocycles. The smallest absolute Gasteiger partial charge is 0.353 e. The summed E-state index contributed by atoms with van der Waals surface area (Å²) >= 11 is 11.8. The van der Waals surface area contributed by atoms with Gasteiger partial charge in [0.15, 0.2) is 0 Å². The summed E-state index contributed by atoms with van der Waals surface area (Å²) in [6.45, 7) is 3.41. The molecule has 0 saturated heterocycles. The van der Waals surface area contributed by atoms with Crippen LogP contribution in [0.25, 0.3) is 0 Å². The van der Waals surface area contributed by atoms with Crippen LogP contribution in [0.15, 0.2) is 17.3 Å². The standard InChI is InChI=1S/C13H12Cl2N2O5/c1-3-21-12(18)13(2)6-10(16-22-13)7-4-11(17(19)20)9(15)5-8(7)14/h4-5H,3,6H2,1-2H3. The van der Waals surface area contributed by atoms with E-state index < -0.39 is 16.5 Å². The first-order valence-corrected chi connectivity index (χ1v) is 7.10. The molecule has 22 heavy (non-hydrogen) atoms. The first-order valence-electron chi connectivity index (χ1n) is 6.34. The molecule has 1 aromatic rings. The molecule has 0 N–H and O–H groups in total. The quantitative estimate of drug-likeness (QED) is 0.473. The lowest BCUT2D eigenvalue weighted by Crippen LogP contribution is -2.37. The molecule has 118 valence electrons. The van der Waals surface area contributed by atoms with Crippen LogP contribution in [0, 0.1) is 10.1 Å². The highest BCUT2D eigenvalue weighted by molar-refractivity contribution is 6.38. The Labute approximate surface area is 135 Å². The van der Waals surface area contributed by atoms with E-state index in [1.807, 2.05) is 0 Å². The lowest BCUT2D eigenvalue weighted by molar-refractivity contribution is -0.384. The van der Waals surface area contributed by atoms with E-state index in [1.165, 1.54) is 19.1 Å². The van der Waals surface area contributed by atoms with Crippen LogP contribution < -0.4 is 0 Å². The third-order valence-electron chi connectivity index (χ3n) is 3.11. The summed E-state index contributed by atoms with van der Waals surface area (Å²) in [4.78, 5) is 27.4. The van der Waals surface area contributed by atoms with Crippen molar-refractivity contribution in [2.45, 2.75) is 25.9 Å². The number of nitrogens with zero attached hydrogens (tertiary/aromatic N) is 2. The van der Waals surface area contributed by atoms with Gasteiger partial charge < -0.3 is 9.57 Å². The monoisotopic (exact) mass is 346 g/mol. The maximum absolute atomic E-state index is 11.9. The highest BCUT2D eigenvalue weighted by atomic mass is 35.5. The number of rotatable bonds is 4. The Bertz CT molecular complexity index is 677. The Balaban J connectivity index is 2.33. The number of esters is 1. The molecule has 0 aliphatic carbocycles. The Hall–Kier alpha value is -1.86. The third kappa shape index (κ3) is 3.00. The fraction of sp³-hybridized carbons (Fsp3) is 0.385. The molecule has 0 aromatic heterocycles. The molecule has 0 bridgehead atoms. The number of nitro groups is 1. The van der Waals surface area contributed by atoms with Crippen molar-refractivity contribution in [3.63, 3.8) is 0 Å². The van der Waals surface area contributed by atoms with Crippen molar-refractivity contribution in [3.8, 4) is 0 Å². The maximum atomic E-state index is 11.9. The number of nitro benzene ring substituents is 1. The Morgan fingerprint density at radius 3 is 2.77 bits per heavy atom. The van der Waals surface area contributed by atoms with Gasteiger partial charge in [-0.15, -0.1) is 0 Å². The minimum absolute atomic E-state index is 0.0774. The van der Waals surface area contributed by atoms with Crippen molar-refractivity contribution < 1.29 is 19.3 Å². The molecule has 0 spiro atoms. The fourth-order valence-corrected chi connectivity index (χ4v) is 2.54. The van der Waals surface area contributed by atoms with Gasteiger partial charge in [0.25, 0.3) is 5.69 Å². The summed E-state index contributed by atoms with van der Waals surface area (Å²) in [7, 11) is 0. The number of halogens is 2. The van der Waals surface area contributed by atoms with E-state index in [2.05, 4.69) is 5.16 Å². The SMILES string of the molecule is CCOC(=O)C1(C)CC(c2cc([N+](=O)[O-])c(Cl)cc2Cl)=NO1. The normalized spacial score (nSPS) is 20.3. The van der Waals surface area contributed by atoms with Gasteiger partial charge in [-0.25, -0.2) is 4.79 Å². The van der Waals surface area contributed by atoms with Crippen molar-refractivity contribution in [2.75, 3.05) is 6.61 Å². The zero-order chi connectivity index (χ0) is 16.5. The lowest BCUT2D eigenvalue weighted by atomic mass is 9.96. The molecule has 7 nitrogen and oxygen atoms in total. The van der Waals surface area contributed by atoms with E-state index in [0.29, 0.717) is 11.3 Å². The van der Waals surface area contributed by atoms with Crippen molar-refractivity contribution in [3.05, 3.63) is 37.9 Å². The average molecular weight is 347 g/mol. The molecule has 2 rings (SSSR count). The van der Waals surface area contributed by atoms with Gasteiger partial charge in [0.2, 0.25) is 5.60 Å². The predicted octanol–water partition coefficient (Wildman–Crippen LogP) is 3.35. The van der Waals surface area contributed by atoms with E-state index in [4.69, 9.17) is 32.8 Å². The van der Waals surface area contributed by atoms with Gasteiger partial charge in [-0.1, -0.05) is 28.4 Å². The molecule has 0 amide bonds. The molecule has 1 unspecified atom stereocenters. The first kappa shape index (κ1) is 16.5. The molecular weight excluding hydrogens is 335 g/mol. The number of oxime groups is 1. The summed E-state index contributed by atoms with van der Waals surface area (Å²) in [6, 6.07) is 2.48. The Kier molecular flexibility index (Phi) is 4.58. The number of hydrogen-bond donors (Lipinski definition) is 0. The molecule has 9 heteroatoms. The zero-order valence-corrected chi connectivity index (χ0v) is 13.3. The summed E-state index contributed by atoms with van der Waals surface area (Å²) in [6.07, 6.45) is 0.0876. The van der Waals surface area contributed by atoms with Crippen LogP contribution in [0.1, 0.15) is 25.8 Å². The van der Waals surface area contributed by atoms with E-state index in [0.717, 1.165) is 0 Å². The van der Waals surface area contributed by atoms with Crippen LogP contribution >= 0.6 is 23.2 Å². The molecule has 1 atom stereocenters. The second-order valence-corrected chi connectivity index (χ2v) is 5.61. The summed E-state index contributed by atoms with van der Waals surface area (Å²) in [5.41, 5.74) is -0.956. The van der Waals surface area contributed by atoms with E-state index in [1.54, 1.807) is 6.92 Å². The predicted molar refractivity (Wildman–Crippen MR) is 80.4 cm³/mol.